The summed E-state index contributed by atoms with van der Waals surface area (Å²) in [4.78, 5) is 24.7. The van der Waals surface area contributed by atoms with Crippen molar-refractivity contribution >= 4 is 17.6 Å². The Morgan fingerprint density at radius 1 is 0.971 bits per heavy atom. The first-order valence-electron chi connectivity index (χ1n) is 12.0. The number of fused-ring (bicyclic) bond motifs is 2. The number of methoxy groups -OCH3 is 1. The molecule has 3 aromatic rings. The van der Waals surface area contributed by atoms with Crippen LogP contribution in [0.5, 0.6) is 11.5 Å². The minimum absolute atomic E-state index is 0.0711. The van der Waals surface area contributed by atoms with Crippen LogP contribution in [0.4, 0.5) is 0 Å². The largest absolute Gasteiger partial charge is 0.507 e. The first kappa shape index (κ1) is 24.5. The lowest BCUT2D eigenvalue weighted by Gasteiger charge is -2.31. The number of rotatable bonds is 4. The van der Waals surface area contributed by atoms with E-state index in [1.165, 1.54) is 13.2 Å². The average molecular weight is 469 g/mol. The number of hydrogen-bond acceptors (Lipinski definition) is 4. The van der Waals surface area contributed by atoms with Gasteiger partial charge in [-0.1, -0.05) is 81.4 Å². The van der Waals surface area contributed by atoms with Crippen molar-refractivity contribution in [1.82, 2.24) is 0 Å². The highest BCUT2D eigenvalue weighted by Crippen LogP contribution is 2.65. The molecule has 5 rings (SSSR count). The Labute approximate surface area is 207 Å². The first-order chi connectivity index (χ1) is 16.7. The molecule has 1 N–H and O–H groups in total. The van der Waals surface area contributed by atoms with Crippen molar-refractivity contribution in [1.29, 1.82) is 0 Å². The molecule has 0 aromatic heterocycles. The summed E-state index contributed by atoms with van der Waals surface area (Å²) in [5, 5.41) is 9.75. The predicted octanol–water partition coefficient (Wildman–Crippen LogP) is 6.73. The monoisotopic (exact) mass is 468 g/mol. The molecule has 3 aromatic carbocycles. The fraction of sp³-hybridized carbons (Fsp3) is 0.290. The standard InChI is InChI=1S/C17H20O.C14H12O3/c1-16(2)14-9-10-17(16,3)15(18)13(14)11-12-7-5-4-6-8-12;1-17-11-7-8-12(13(15)9-11)14(16)10-5-3-2-4-6-10/h4-8,11,14H,9-10H2,1-3H3;2-9,15H,1H3. The third-order valence-corrected chi connectivity index (χ3v) is 7.97. The van der Waals surface area contributed by atoms with Crippen LogP contribution in [-0.2, 0) is 4.79 Å². The summed E-state index contributed by atoms with van der Waals surface area (Å²) in [6.07, 6.45) is 4.32. The number of carbonyl (C=O) groups is 2. The van der Waals surface area contributed by atoms with Crippen molar-refractivity contribution in [3.8, 4) is 11.5 Å². The molecular formula is C31H32O4. The zero-order valence-electron chi connectivity index (χ0n) is 20.7. The van der Waals surface area contributed by atoms with Gasteiger partial charge in [0.15, 0.2) is 11.6 Å². The number of phenols is 1. The quantitative estimate of drug-likeness (QED) is 0.341. The van der Waals surface area contributed by atoms with E-state index < -0.39 is 0 Å². The van der Waals surface area contributed by atoms with Crippen molar-refractivity contribution in [2.75, 3.05) is 7.11 Å². The van der Waals surface area contributed by atoms with Gasteiger partial charge in [-0.15, -0.1) is 0 Å². The molecule has 35 heavy (non-hydrogen) atoms. The summed E-state index contributed by atoms with van der Waals surface area (Å²) in [7, 11) is 1.51. The number of allylic oxidation sites excluding steroid dienone is 1. The summed E-state index contributed by atoms with van der Waals surface area (Å²) in [6, 6.07) is 23.7. The zero-order chi connectivity index (χ0) is 25.2. The molecule has 2 unspecified atom stereocenters. The van der Waals surface area contributed by atoms with Gasteiger partial charge in [-0.05, 0) is 53.5 Å². The zero-order valence-corrected chi connectivity index (χ0v) is 20.7. The number of hydrogen-bond donors (Lipinski definition) is 1. The minimum Gasteiger partial charge on any atom is -0.507 e. The van der Waals surface area contributed by atoms with Crippen molar-refractivity contribution in [3.63, 3.8) is 0 Å². The molecule has 2 aliphatic rings. The Balaban J connectivity index is 0.000000165. The Hall–Kier alpha value is -3.66. The number of ether oxygens (including phenoxy) is 1. The van der Waals surface area contributed by atoms with Crippen LogP contribution in [0.1, 0.15) is 55.1 Å². The molecule has 2 atom stereocenters. The highest BCUT2D eigenvalue weighted by molar-refractivity contribution is 6.10. The molecule has 0 radical (unpaired) electrons. The van der Waals surface area contributed by atoms with E-state index in [1.54, 1.807) is 36.4 Å². The Bertz CT molecular complexity index is 1260. The van der Waals surface area contributed by atoms with E-state index in [9.17, 15) is 14.7 Å². The number of carbonyl (C=O) groups excluding carboxylic acids is 2. The predicted molar refractivity (Wildman–Crippen MR) is 139 cm³/mol. The second kappa shape index (κ2) is 9.53. The molecule has 2 bridgehead atoms. The van der Waals surface area contributed by atoms with Gasteiger partial charge in [0.05, 0.1) is 12.7 Å². The topological polar surface area (TPSA) is 63.6 Å². The highest BCUT2D eigenvalue weighted by Gasteiger charge is 2.63. The van der Waals surface area contributed by atoms with Crippen molar-refractivity contribution in [2.24, 2.45) is 16.7 Å². The Kier molecular flexibility index (Phi) is 6.66. The third-order valence-electron chi connectivity index (χ3n) is 7.97. The maximum Gasteiger partial charge on any atom is 0.196 e. The summed E-state index contributed by atoms with van der Waals surface area (Å²) in [5.41, 5.74) is 3.00. The second-order valence-corrected chi connectivity index (χ2v) is 10.1. The smallest absolute Gasteiger partial charge is 0.196 e. The summed E-state index contributed by atoms with van der Waals surface area (Å²) < 4.78 is 4.96. The van der Waals surface area contributed by atoms with Crippen LogP contribution in [0.2, 0.25) is 0 Å². The van der Waals surface area contributed by atoms with Crippen LogP contribution in [0.15, 0.2) is 84.4 Å². The third kappa shape index (κ3) is 4.41. The number of ketones is 2. The first-order valence-corrected chi connectivity index (χ1v) is 12.0. The lowest BCUT2D eigenvalue weighted by atomic mass is 9.70. The maximum absolute atomic E-state index is 12.6. The van der Waals surface area contributed by atoms with Gasteiger partial charge in [-0.25, -0.2) is 0 Å². The number of aromatic hydroxyl groups is 1. The van der Waals surface area contributed by atoms with Gasteiger partial charge in [0, 0.05) is 17.0 Å². The van der Waals surface area contributed by atoms with E-state index >= 15 is 0 Å². The normalized spacial score (nSPS) is 23.0. The van der Waals surface area contributed by atoms with Crippen LogP contribution in [-0.4, -0.2) is 23.8 Å². The van der Waals surface area contributed by atoms with Gasteiger partial charge >= 0.3 is 0 Å². The van der Waals surface area contributed by atoms with Crippen LogP contribution < -0.4 is 4.74 Å². The second-order valence-electron chi connectivity index (χ2n) is 10.1. The van der Waals surface area contributed by atoms with E-state index in [-0.39, 0.29) is 27.9 Å². The lowest BCUT2D eigenvalue weighted by molar-refractivity contribution is -0.125. The van der Waals surface area contributed by atoms with Gasteiger partial charge < -0.3 is 9.84 Å². The van der Waals surface area contributed by atoms with Crippen LogP contribution in [0, 0.1) is 16.7 Å². The summed E-state index contributed by atoms with van der Waals surface area (Å²) in [5.74, 6) is 1.07. The van der Waals surface area contributed by atoms with Gasteiger partial charge in [0.1, 0.15) is 11.5 Å². The molecule has 2 saturated carbocycles. The van der Waals surface area contributed by atoms with Crippen LogP contribution in [0.25, 0.3) is 6.08 Å². The molecule has 180 valence electrons. The average Bonchev–Trinajstić information content (AvgIpc) is 3.18. The molecule has 0 heterocycles. The van der Waals surface area contributed by atoms with E-state index in [0.29, 0.717) is 23.0 Å². The van der Waals surface area contributed by atoms with Gasteiger partial charge in [-0.2, -0.15) is 0 Å². The van der Waals surface area contributed by atoms with E-state index in [0.717, 1.165) is 24.0 Å². The maximum atomic E-state index is 12.6. The SMILES string of the molecule is CC12CCC(C(=Cc3ccccc3)C1=O)C2(C)C.COc1ccc(C(=O)c2ccccc2)c(O)c1. The molecule has 2 fully saturated rings. The minimum atomic E-state index is -0.203. The fourth-order valence-corrected chi connectivity index (χ4v) is 5.40. The van der Waals surface area contributed by atoms with Crippen molar-refractivity contribution < 1.29 is 19.4 Å². The summed E-state index contributed by atoms with van der Waals surface area (Å²) in [6.45, 7) is 6.67. The molecule has 4 heteroatoms. The molecule has 0 spiro atoms. The van der Waals surface area contributed by atoms with E-state index in [4.69, 9.17) is 4.74 Å². The molecule has 4 nitrogen and oxygen atoms in total. The van der Waals surface area contributed by atoms with E-state index in [2.05, 4.69) is 39.0 Å². The molecular weight excluding hydrogens is 436 g/mol. The number of phenolic OH excluding ortho intramolecular Hbond substituents is 1. The molecule has 0 saturated heterocycles. The Morgan fingerprint density at radius 3 is 2.14 bits per heavy atom. The Morgan fingerprint density at radius 2 is 1.60 bits per heavy atom. The highest BCUT2D eigenvalue weighted by atomic mass is 16.5. The molecule has 2 aliphatic carbocycles. The van der Waals surface area contributed by atoms with Crippen molar-refractivity contribution in [3.05, 3.63) is 101 Å². The number of benzene rings is 3. The van der Waals surface area contributed by atoms with Crippen LogP contribution >= 0.6 is 0 Å². The summed E-state index contributed by atoms with van der Waals surface area (Å²) >= 11 is 0. The van der Waals surface area contributed by atoms with Gasteiger partial charge in [-0.3, -0.25) is 9.59 Å². The van der Waals surface area contributed by atoms with Gasteiger partial charge in [0.2, 0.25) is 0 Å². The van der Waals surface area contributed by atoms with E-state index in [1.807, 2.05) is 24.3 Å². The van der Waals surface area contributed by atoms with Crippen molar-refractivity contribution in [2.45, 2.75) is 33.6 Å². The van der Waals surface area contributed by atoms with Crippen LogP contribution in [0.3, 0.4) is 0 Å². The lowest BCUT2D eigenvalue weighted by Crippen LogP contribution is -2.32. The molecule has 0 amide bonds. The molecule has 0 aliphatic heterocycles. The van der Waals surface area contributed by atoms with Gasteiger partial charge in [0.25, 0.3) is 0 Å². The fourth-order valence-electron chi connectivity index (χ4n) is 5.40. The number of Topliss-reactive ketones (excluding diaryl/α,β-unsaturated/α-hetero) is 1.